The summed E-state index contributed by atoms with van der Waals surface area (Å²) in [6.07, 6.45) is 4.84. The fourth-order valence-electron chi connectivity index (χ4n) is 2.44. The van der Waals surface area contributed by atoms with Gasteiger partial charge in [0.15, 0.2) is 0 Å². The molecule has 2 rings (SSSR count). The van der Waals surface area contributed by atoms with E-state index >= 15 is 0 Å². The van der Waals surface area contributed by atoms with Gasteiger partial charge in [-0.3, -0.25) is 4.79 Å². The molecule has 5 heteroatoms. The van der Waals surface area contributed by atoms with Crippen molar-refractivity contribution < 1.29 is 4.79 Å². The summed E-state index contributed by atoms with van der Waals surface area (Å²) in [5.41, 5.74) is 6.56. The number of nitrogens with zero attached hydrogens (tertiary/aromatic N) is 2. The molecule has 1 saturated heterocycles. The Balaban J connectivity index is 1.91. The van der Waals surface area contributed by atoms with Gasteiger partial charge >= 0.3 is 0 Å². The maximum absolute atomic E-state index is 11.9. The zero-order chi connectivity index (χ0) is 14.5. The van der Waals surface area contributed by atoms with E-state index in [1.165, 1.54) is 12.8 Å². The maximum Gasteiger partial charge on any atom is 0.241 e. The molecule has 2 heterocycles. The minimum atomic E-state index is -0.465. The Bertz CT molecular complexity index is 438. The van der Waals surface area contributed by atoms with Gasteiger partial charge in [-0.25, -0.2) is 4.98 Å². The molecule has 1 fully saturated rings. The summed E-state index contributed by atoms with van der Waals surface area (Å²) in [7, 11) is 0. The third kappa shape index (κ3) is 3.93. The summed E-state index contributed by atoms with van der Waals surface area (Å²) in [5.74, 6) is 1.24. The number of aromatic nitrogens is 1. The van der Waals surface area contributed by atoms with E-state index in [0.29, 0.717) is 18.0 Å². The third-order valence-electron chi connectivity index (χ3n) is 3.51. The van der Waals surface area contributed by atoms with Crippen molar-refractivity contribution in [3.05, 3.63) is 18.3 Å². The summed E-state index contributed by atoms with van der Waals surface area (Å²) in [6.45, 7) is 6.25. The van der Waals surface area contributed by atoms with Crippen molar-refractivity contribution in [2.24, 2.45) is 11.7 Å². The number of pyridine rings is 1. The summed E-state index contributed by atoms with van der Waals surface area (Å²) < 4.78 is 0. The first-order chi connectivity index (χ1) is 9.56. The topological polar surface area (TPSA) is 71.2 Å². The molecule has 1 aromatic rings. The molecule has 1 aromatic heterocycles. The van der Waals surface area contributed by atoms with Crippen molar-refractivity contribution in [3.63, 3.8) is 0 Å². The monoisotopic (exact) mass is 276 g/mol. The maximum atomic E-state index is 11.9. The molecular formula is C15H24N4O. The molecule has 1 amide bonds. The molecule has 0 saturated carbocycles. The van der Waals surface area contributed by atoms with Crippen LogP contribution in [0.25, 0.3) is 0 Å². The molecule has 5 nitrogen and oxygen atoms in total. The van der Waals surface area contributed by atoms with Crippen LogP contribution in [0.2, 0.25) is 0 Å². The SMILES string of the molecule is CC(C)C[C@H](N)C(=O)Nc1ccc(N2CCCC2)nc1. The van der Waals surface area contributed by atoms with E-state index in [9.17, 15) is 4.79 Å². The quantitative estimate of drug-likeness (QED) is 0.863. The summed E-state index contributed by atoms with van der Waals surface area (Å²) in [6, 6.07) is 3.38. The average Bonchev–Trinajstić information content (AvgIpc) is 2.92. The average molecular weight is 276 g/mol. The fourth-order valence-corrected chi connectivity index (χ4v) is 2.44. The summed E-state index contributed by atoms with van der Waals surface area (Å²) in [4.78, 5) is 18.6. The molecule has 0 radical (unpaired) electrons. The van der Waals surface area contributed by atoms with Crippen LogP contribution in [-0.2, 0) is 4.79 Å². The van der Waals surface area contributed by atoms with Crippen LogP contribution in [0, 0.1) is 5.92 Å². The summed E-state index contributed by atoms with van der Waals surface area (Å²) in [5, 5.41) is 2.82. The van der Waals surface area contributed by atoms with Gasteiger partial charge in [-0.2, -0.15) is 0 Å². The number of hydrogen-bond donors (Lipinski definition) is 2. The van der Waals surface area contributed by atoms with Crippen molar-refractivity contribution in [3.8, 4) is 0 Å². The number of hydrogen-bond acceptors (Lipinski definition) is 4. The van der Waals surface area contributed by atoms with Gasteiger partial charge in [0.05, 0.1) is 17.9 Å². The van der Waals surface area contributed by atoms with Crippen LogP contribution in [0.15, 0.2) is 18.3 Å². The van der Waals surface area contributed by atoms with Crippen LogP contribution < -0.4 is 16.0 Å². The third-order valence-corrected chi connectivity index (χ3v) is 3.51. The molecule has 3 N–H and O–H groups in total. The van der Waals surface area contributed by atoms with E-state index in [2.05, 4.69) is 29.0 Å². The molecule has 0 bridgehead atoms. The Morgan fingerprint density at radius 3 is 2.65 bits per heavy atom. The molecule has 0 aliphatic carbocycles. The fraction of sp³-hybridized carbons (Fsp3) is 0.600. The van der Waals surface area contributed by atoms with E-state index < -0.39 is 6.04 Å². The summed E-state index contributed by atoms with van der Waals surface area (Å²) >= 11 is 0. The van der Waals surface area contributed by atoms with E-state index in [1.807, 2.05) is 12.1 Å². The minimum Gasteiger partial charge on any atom is -0.357 e. The highest BCUT2D eigenvalue weighted by molar-refractivity contribution is 5.94. The van der Waals surface area contributed by atoms with Crippen molar-refractivity contribution in [1.82, 2.24) is 4.98 Å². The van der Waals surface area contributed by atoms with Crippen molar-refractivity contribution >= 4 is 17.4 Å². The van der Waals surface area contributed by atoms with Crippen LogP contribution >= 0.6 is 0 Å². The number of nitrogens with one attached hydrogen (secondary N) is 1. The van der Waals surface area contributed by atoms with Gasteiger partial charge in [0.25, 0.3) is 0 Å². The lowest BCUT2D eigenvalue weighted by Crippen LogP contribution is -2.36. The zero-order valence-electron chi connectivity index (χ0n) is 12.3. The number of carbonyl (C=O) groups excluding carboxylic acids is 1. The first-order valence-electron chi connectivity index (χ1n) is 7.33. The van der Waals surface area contributed by atoms with Crippen molar-refractivity contribution in [2.45, 2.75) is 39.2 Å². The van der Waals surface area contributed by atoms with Gasteiger partial charge in [-0.05, 0) is 37.3 Å². The highest BCUT2D eigenvalue weighted by Crippen LogP contribution is 2.19. The van der Waals surface area contributed by atoms with Gasteiger partial charge < -0.3 is 16.0 Å². The Kier molecular flexibility index (Phi) is 4.95. The van der Waals surface area contributed by atoms with Crippen LogP contribution in [0.3, 0.4) is 0 Å². The Hall–Kier alpha value is -1.62. The molecule has 1 aliphatic heterocycles. The number of amides is 1. The van der Waals surface area contributed by atoms with E-state index in [4.69, 9.17) is 5.73 Å². The van der Waals surface area contributed by atoms with Crippen LogP contribution in [0.1, 0.15) is 33.1 Å². The molecule has 1 atom stereocenters. The normalized spacial score (nSPS) is 16.5. The van der Waals surface area contributed by atoms with Crippen LogP contribution in [-0.4, -0.2) is 30.0 Å². The van der Waals surface area contributed by atoms with Crippen molar-refractivity contribution in [2.75, 3.05) is 23.3 Å². The highest BCUT2D eigenvalue weighted by atomic mass is 16.2. The zero-order valence-corrected chi connectivity index (χ0v) is 12.3. The molecule has 1 aliphatic rings. The van der Waals surface area contributed by atoms with Crippen molar-refractivity contribution in [1.29, 1.82) is 0 Å². The molecule has 0 unspecified atom stereocenters. The largest absolute Gasteiger partial charge is 0.357 e. The molecule has 0 aromatic carbocycles. The molecular weight excluding hydrogens is 252 g/mol. The second-order valence-electron chi connectivity index (χ2n) is 5.82. The first kappa shape index (κ1) is 14.8. The van der Waals surface area contributed by atoms with Gasteiger partial charge in [0, 0.05) is 13.1 Å². The van der Waals surface area contributed by atoms with Crippen LogP contribution in [0.4, 0.5) is 11.5 Å². The van der Waals surface area contributed by atoms with Gasteiger partial charge in [0.2, 0.25) is 5.91 Å². The number of rotatable bonds is 5. The lowest BCUT2D eigenvalue weighted by atomic mass is 10.0. The Morgan fingerprint density at radius 2 is 2.10 bits per heavy atom. The predicted molar refractivity (Wildman–Crippen MR) is 81.7 cm³/mol. The second kappa shape index (κ2) is 6.70. The van der Waals surface area contributed by atoms with Crippen LogP contribution in [0.5, 0.6) is 0 Å². The minimum absolute atomic E-state index is 0.144. The molecule has 110 valence electrons. The number of nitrogens with two attached hydrogens (primary N) is 1. The van der Waals surface area contributed by atoms with Gasteiger partial charge in [0.1, 0.15) is 5.82 Å². The number of anilines is 2. The lowest BCUT2D eigenvalue weighted by Gasteiger charge is -2.17. The number of carbonyl (C=O) groups is 1. The van der Waals surface area contributed by atoms with Gasteiger partial charge in [-0.1, -0.05) is 13.8 Å². The Morgan fingerprint density at radius 1 is 1.40 bits per heavy atom. The standard InChI is InChI=1S/C15H24N4O/c1-11(2)9-13(16)15(20)18-12-5-6-14(17-10-12)19-7-3-4-8-19/h5-6,10-11,13H,3-4,7-9,16H2,1-2H3,(H,18,20)/t13-/m0/s1. The lowest BCUT2D eigenvalue weighted by molar-refractivity contribution is -0.117. The van der Waals surface area contributed by atoms with E-state index in [1.54, 1.807) is 6.20 Å². The van der Waals surface area contributed by atoms with Gasteiger partial charge in [-0.15, -0.1) is 0 Å². The van der Waals surface area contributed by atoms with E-state index in [0.717, 1.165) is 18.9 Å². The molecule has 0 spiro atoms. The second-order valence-corrected chi connectivity index (χ2v) is 5.82. The predicted octanol–water partition coefficient (Wildman–Crippen LogP) is 1.99. The Labute approximate surface area is 120 Å². The first-order valence-corrected chi connectivity index (χ1v) is 7.33. The smallest absolute Gasteiger partial charge is 0.241 e. The van der Waals surface area contributed by atoms with E-state index in [-0.39, 0.29) is 5.91 Å². The molecule has 20 heavy (non-hydrogen) atoms. The highest BCUT2D eigenvalue weighted by Gasteiger charge is 2.16.